The Morgan fingerprint density at radius 3 is 2.04 bits per heavy atom. The number of aliphatic hydroxyl groups is 2. The second-order valence-electron chi connectivity index (χ2n) is 4.12. The fourth-order valence-corrected chi connectivity index (χ4v) is 2.21. The highest BCUT2D eigenvalue weighted by molar-refractivity contribution is 7.81. The van der Waals surface area contributed by atoms with Gasteiger partial charge in [-0.15, -0.1) is 0 Å². The van der Waals surface area contributed by atoms with Crippen LogP contribution < -0.4 is 5.32 Å². The maximum absolute atomic E-state index is 10.9. The third-order valence-electron chi connectivity index (χ3n) is 2.22. The van der Waals surface area contributed by atoms with Crippen molar-refractivity contribution in [2.45, 2.75) is 31.3 Å². The maximum atomic E-state index is 10.9. The van der Waals surface area contributed by atoms with Crippen molar-refractivity contribution in [1.82, 2.24) is 5.32 Å². The molecule has 0 saturated heterocycles. The van der Waals surface area contributed by atoms with Crippen LogP contribution in [0.25, 0.3) is 0 Å². The fraction of sp³-hybridized carbons (Fsp3) is 0.750. The van der Waals surface area contributed by atoms with E-state index in [4.69, 9.17) is 9.11 Å². The zero-order valence-electron chi connectivity index (χ0n) is 11.5. The molecule has 1 amide bonds. The van der Waals surface area contributed by atoms with Gasteiger partial charge in [0.15, 0.2) is 0 Å². The zero-order chi connectivity index (χ0) is 18.4. The number of aldehydes is 1. The molecule has 0 unspecified atom stereocenters. The Bertz CT molecular complexity index is 613. The van der Waals surface area contributed by atoms with Crippen LogP contribution in [0.2, 0.25) is 0 Å². The quantitative estimate of drug-likeness (QED) is 0.183. The molecule has 0 aliphatic heterocycles. The summed E-state index contributed by atoms with van der Waals surface area (Å²) in [5.41, 5.74) is 0. The second kappa shape index (κ2) is 8.60. The summed E-state index contributed by atoms with van der Waals surface area (Å²) in [6.07, 6.45) is -6.81. The summed E-state index contributed by atoms with van der Waals surface area (Å²) in [5, 5.41) is 21.3. The van der Waals surface area contributed by atoms with Gasteiger partial charge in [-0.3, -0.25) is 13.9 Å². The minimum Gasteiger partial charge on any atom is -0.388 e. The molecule has 0 heterocycles. The van der Waals surface area contributed by atoms with Crippen LogP contribution in [0.15, 0.2) is 0 Å². The first-order valence-electron chi connectivity index (χ1n) is 5.63. The molecule has 23 heavy (non-hydrogen) atoms. The Hall–Kier alpha value is -1.20. The molecule has 15 heteroatoms. The average Bonchev–Trinajstić information content (AvgIpc) is 2.36. The van der Waals surface area contributed by atoms with Crippen LogP contribution in [0, 0.1) is 0 Å². The van der Waals surface area contributed by atoms with Crippen molar-refractivity contribution in [1.29, 1.82) is 0 Å². The van der Waals surface area contributed by atoms with E-state index < -0.39 is 57.7 Å². The first-order valence-corrected chi connectivity index (χ1v) is 8.36. The summed E-state index contributed by atoms with van der Waals surface area (Å²) in [5.74, 6) is -0.810. The van der Waals surface area contributed by atoms with E-state index in [0.717, 1.165) is 6.92 Å². The number of carbonyl (C=O) groups is 2. The molecule has 0 aliphatic rings. The van der Waals surface area contributed by atoms with Gasteiger partial charge in [0.1, 0.15) is 30.6 Å². The average molecular weight is 381 g/mol. The van der Waals surface area contributed by atoms with Crippen LogP contribution in [0.1, 0.15) is 6.92 Å². The van der Waals surface area contributed by atoms with E-state index in [1.54, 1.807) is 0 Å². The van der Waals surface area contributed by atoms with Crippen molar-refractivity contribution in [3.05, 3.63) is 0 Å². The van der Waals surface area contributed by atoms with Gasteiger partial charge < -0.3 is 20.3 Å². The minimum atomic E-state index is -5.25. The van der Waals surface area contributed by atoms with Crippen LogP contribution >= 0.6 is 0 Å². The highest BCUT2D eigenvalue weighted by Gasteiger charge is 2.38. The van der Waals surface area contributed by atoms with Crippen LogP contribution in [0.4, 0.5) is 0 Å². The predicted molar refractivity (Wildman–Crippen MR) is 69.6 cm³/mol. The molecule has 0 saturated carbocycles. The highest BCUT2D eigenvalue weighted by atomic mass is 32.3. The third-order valence-corrected chi connectivity index (χ3v) is 3.12. The maximum Gasteiger partial charge on any atom is 0.397 e. The van der Waals surface area contributed by atoms with Crippen LogP contribution in [-0.4, -0.2) is 79.3 Å². The van der Waals surface area contributed by atoms with Gasteiger partial charge in [0.2, 0.25) is 5.91 Å². The third kappa shape index (κ3) is 9.51. The smallest absolute Gasteiger partial charge is 0.388 e. The lowest BCUT2D eigenvalue weighted by molar-refractivity contribution is -0.128. The van der Waals surface area contributed by atoms with E-state index in [-0.39, 0.29) is 6.29 Å². The van der Waals surface area contributed by atoms with E-state index >= 15 is 0 Å². The monoisotopic (exact) mass is 381 g/mol. The number of carbonyl (C=O) groups excluding carboxylic acids is 2. The molecule has 0 fully saturated rings. The number of amides is 1. The molecule has 0 aromatic rings. The normalized spacial score (nSPS) is 17.8. The van der Waals surface area contributed by atoms with Crippen molar-refractivity contribution < 1.29 is 54.1 Å². The van der Waals surface area contributed by atoms with Crippen molar-refractivity contribution in [3.8, 4) is 0 Å². The summed E-state index contributed by atoms with van der Waals surface area (Å²) in [7, 11) is -10.3. The molecule has 0 rings (SSSR count). The summed E-state index contributed by atoms with van der Waals surface area (Å²) in [4.78, 5) is 21.7. The molecule has 0 aromatic carbocycles. The summed E-state index contributed by atoms with van der Waals surface area (Å²) < 4.78 is 66.9. The molecular weight excluding hydrogens is 366 g/mol. The van der Waals surface area contributed by atoms with Crippen molar-refractivity contribution in [3.63, 3.8) is 0 Å². The van der Waals surface area contributed by atoms with Gasteiger partial charge >= 0.3 is 20.8 Å². The molecule has 5 N–H and O–H groups in total. The molecule has 0 aliphatic carbocycles. The van der Waals surface area contributed by atoms with Crippen molar-refractivity contribution >= 4 is 33.0 Å². The highest BCUT2D eigenvalue weighted by Crippen LogP contribution is 2.13. The molecule has 0 spiro atoms. The van der Waals surface area contributed by atoms with Gasteiger partial charge in [-0.1, -0.05) is 0 Å². The SMILES string of the molecule is CC(=O)N[C@@H](C=O)[C@@H](O)[C@@H](OS(=O)(=O)O)[C@H](O)COS(=O)(=O)O. The van der Waals surface area contributed by atoms with Gasteiger partial charge in [-0.2, -0.15) is 16.8 Å². The summed E-state index contributed by atoms with van der Waals surface area (Å²) >= 11 is 0. The fourth-order valence-electron chi connectivity index (χ4n) is 1.38. The Morgan fingerprint density at radius 1 is 1.17 bits per heavy atom. The van der Waals surface area contributed by atoms with E-state index in [2.05, 4.69) is 8.37 Å². The number of nitrogens with one attached hydrogen (secondary N) is 1. The lowest BCUT2D eigenvalue weighted by Crippen LogP contribution is -2.54. The first-order chi connectivity index (χ1) is 10.3. The molecule has 0 aromatic heterocycles. The van der Waals surface area contributed by atoms with Crippen molar-refractivity contribution in [2.24, 2.45) is 0 Å². The van der Waals surface area contributed by atoms with E-state index in [0.29, 0.717) is 0 Å². The Labute approximate surface area is 131 Å². The number of aliphatic hydroxyl groups excluding tert-OH is 2. The topological polar surface area (TPSA) is 214 Å². The lowest BCUT2D eigenvalue weighted by atomic mass is 10.0. The van der Waals surface area contributed by atoms with Gasteiger partial charge in [0.05, 0.1) is 6.61 Å². The lowest BCUT2D eigenvalue weighted by Gasteiger charge is -2.28. The van der Waals surface area contributed by atoms with Gasteiger partial charge in [-0.25, -0.2) is 8.37 Å². The second-order valence-corrected chi connectivity index (χ2v) is 6.26. The first kappa shape index (κ1) is 21.8. The molecule has 4 atom stereocenters. The van der Waals surface area contributed by atoms with Gasteiger partial charge in [0, 0.05) is 6.92 Å². The number of rotatable bonds is 10. The molecule has 0 radical (unpaired) electrons. The molecular formula is C8H15NO12S2. The Balaban J connectivity index is 5.33. The van der Waals surface area contributed by atoms with Crippen LogP contribution in [0.3, 0.4) is 0 Å². The predicted octanol–water partition coefficient (Wildman–Crippen LogP) is -3.58. The molecule has 13 nitrogen and oxygen atoms in total. The van der Waals surface area contributed by atoms with Crippen LogP contribution in [0.5, 0.6) is 0 Å². The number of hydrogen-bond acceptors (Lipinski definition) is 10. The zero-order valence-corrected chi connectivity index (χ0v) is 13.1. The standard InChI is InChI=1S/C8H15NO12S2/c1-4(11)9-5(2-10)7(13)8(21-23(17,18)19)6(12)3-20-22(14,15)16/h2,5-8,12-13H,3H2,1H3,(H,9,11)(H,14,15,16)(H,17,18,19)/t5-,6+,7+,8-/m0/s1. The molecule has 0 bridgehead atoms. The van der Waals surface area contributed by atoms with E-state index in [1.807, 2.05) is 5.32 Å². The van der Waals surface area contributed by atoms with E-state index in [1.165, 1.54) is 0 Å². The summed E-state index contributed by atoms with van der Waals surface area (Å²) in [6.45, 7) is -0.332. The number of hydrogen-bond donors (Lipinski definition) is 5. The Morgan fingerprint density at radius 2 is 1.70 bits per heavy atom. The summed E-state index contributed by atoms with van der Waals surface area (Å²) in [6, 6.07) is -1.76. The van der Waals surface area contributed by atoms with Gasteiger partial charge in [0.25, 0.3) is 0 Å². The van der Waals surface area contributed by atoms with Gasteiger partial charge in [-0.05, 0) is 0 Å². The largest absolute Gasteiger partial charge is 0.397 e. The van der Waals surface area contributed by atoms with Crippen LogP contribution in [-0.2, 0) is 38.8 Å². The minimum absolute atomic E-state index is 0.0250. The Kier molecular flexibility index (Phi) is 8.15. The molecule has 136 valence electrons. The van der Waals surface area contributed by atoms with Crippen molar-refractivity contribution in [2.75, 3.05) is 6.61 Å². The van der Waals surface area contributed by atoms with E-state index in [9.17, 15) is 36.6 Å².